The van der Waals surface area contributed by atoms with Gasteiger partial charge in [-0.3, -0.25) is 0 Å². The maximum atomic E-state index is 6.29. The van der Waals surface area contributed by atoms with E-state index in [4.69, 9.17) is 26.8 Å². The van der Waals surface area contributed by atoms with E-state index in [2.05, 4.69) is 17.5 Å². The summed E-state index contributed by atoms with van der Waals surface area (Å²) in [4.78, 5) is 1.29. The highest BCUT2D eigenvalue weighted by molar-refractivity contribution is 7.10. The van der Waals surface area contributed by atoms with Gasteiger partial charge in [-0.2, -0.15) is 0 Å². The molecule has 1 aromatic heterocycles. The molecule has 0 fully saturated rings. The van der Waals surface area contributed by atoms with Crippen LogP contribution in [0.1, 0.15) is 23.3 Å². The van der Waals surface area contributed by atoms with E-state index in [1.807, 2.05) is 19.1 Å². The molecule has 0 saturated carbocycles. The van der Waals surface area contributed by atoms with Crippen molar-refractivity contribution in [2.45, 2.75) is 19.3 Å². The third-order valence-corrected chi connectivity index (χ3v) is 4.60. The first kappa shape index (κ1) is 16.1. The molecule has 0 amide bonds. The molecule has 0 aliphatic carbocycles. The van der Waals surface area contributed by atoms with Crippen LogP contribution in [0.3, 0.4) is 0 Å². The highest BCUT2D eigenvalue weighted by atomic mass is 35.5. The lowest BCUT2D eigenvalue weighted by atomic mass is 9.97. The molecule has 21 heavy (non-hydrogen) atoms. The lowest BCUT2D eigenvalue weighted by Crippen LogP contribution is -2.14. The van der Waals surface area contributed by atoms with Crippen molar-refractivity contribution < 1.29 is 9.47 Å². The Hall–Kier alpha value is -1.23. The van der Waals surface area contributed by atoms with E-state index >= 15 is 0 Å². The van der Waals surface area contributed by atoms with Crippen molar-refractivity contribution in [1.29, 1.82) is 0 Å². The van der Waals surface area contributed by atoms with Crippen molar-refractivity contribution in [3.63, 3.8) is 0 Å². The molecular formula is C16H20ClNO2S. The van der Waals surface area contributed by atoms with E-state index in [1.165, 1.54) is 4.88 Å². The van der Waals surface area contributed by atoms with Gasteiger partial charge in [-0.15, -0.1) is 11.3 Å². The highest BCUT2D eigenvalue weighted by Crippen LogP contribution is 2.37. The fourth-order valence-corrected chi connectivity index (χ4v) is 3.46. The number of ether oxygens (including phenoxy) is 2. The summed E-state index contributed by atoms with van der Waals surface area (Å²) in [7, 11) is 1.59. The minimum absolute atomic E-state index is 0.295. The Morgan fingerprint density at radius 3 is 2.76 bits per heavy atom. The normalized spacial score (nSPS) is 12.2. The van der Waals surface area contributed by atoms with Crippen LogP contribution in [0.2, 0.25) is 5.02 Å². The van der Waals surface area contributed by atoms with Gasteiger partial charge >= 0.3 is 0 Å². The summed E-state index contributed by atoms with van der Waals surface area (Å²) < 4.78 is 10.9. The molecule has 0 bridgehead atoms. The Bertz CT molecular complexity index is 572. The van der Waals surface area contributed by atoms with Crippen molar-refractivity contribution in [2.24, 2.45) is 5.73 Å². The summed E-state index contributed by atoms with van der Waals surface area (Å²) in [6.45, 7) is 3.11. The Morgan fingerprint density at radius 1 is 1.38 bits per heavy atom. The SMILES string of the molecule is CCOc1cc(CC(CN)c2cccs2)cc(Cl)c1OC. The molecular weight excluding hydrogens is 306 g/mol. The Kier molecular flexibility index (Phi) is 5.91. The predicted octanol–water partition coefficient (Wildman–Crippen LogP) is 4.09. The van der Waals surface area contributed by atoms with Crippen LogP contribution in [-0.4, -0.2) is 20.3 Å². The fourth-order valence-electron chi connectivity index (χ4n) is 2.31. The van der Waals surface area contributed by atoms with Gasteiger partial charge in [-0.05, 0) is 42.5 Å². The topological polar surface area (TPSA) is 44.5 Å². The molecule has 0 aliphatic heterocycles. The van der Waals surface area contributed by atoms with Gasteiger partial charge in [0.2, 0.25) is 0 Å². The van der Waals surface area contributed by atoms with Crippen LogP contribution in [0, 0.1) is 0 Å². The summed E-state index contributed by atoms with van der Waals surface area (Å²) in [5, 5.41) is 2.64. The zero-order valence-corrected chi connectivity index (χ0v) is 13.8. The van der Waals surface area contributed by atoms with E-state index < -0.39 is 0 Å². The van der Waals surface area contributed by atoms with Gasteiger partial charge in [0.1, 0.15) is 0 Å². The number of thiophene rings is 1. The highest BCUT2D eigenvalue weighted by Gasteiger charge is 2.16. The smallest absolute Gasteiger partial charge is 0.179 e. The summed E-state index contributed by atoms with van der Waals surface area (Å²) in [5.74, 6) is 1.57. The molecule has 2 rings (SSSR count). The molecule has 2 N–H and O–H groups in total. The molecule has 0 radical (unpaired) electrons. The van der Waals surface area contributed by atoms with Crippen molar-refractivity contribution in [1.82, 2.24) is 0 Å². The molecule has 1 heterocycles. The summed E-state index contributed by atoms with van der Waals surface area (Å²) >= 11 is 8.02. The minimum Gasteiger partial charge on any atom is -0.491 e. The van der Waals surface area contributed by atoms with Crippen LogP contribution in [0.15, 0.2) is 29.6 Å². The van der Waals surface area contributed by atoms with E-state index in [0.717, 1.165) is 12.0 Å². The van der Waals surface area contributed by atoms with Gasteiger partial charge in [-0.1, -0.05) is 17.7 Å². The number of rotatable bonds is 7. The van der Waals surface area contributed by atoms with E-state index in [1.54, 1.807) is 18.4 Å². The molecule has 114 valence electrons. The molecule has 0 spiro atoms. The third kappa shape index (κ3) is 3.90. The van der Waals surface area contributed by atoms with Crippen LogP contribution < -0.4 is 15.2 Å². The second-order valence-corrected chi connectivity index (χ2v) is 6.08. The Labute approximate surface area is 134 Å². The second-order valence-electron chi connectivity index (χ2n) is 4.69. The van der Waals surface area contributed by atoms with Crippen molar-refractivity contribution in [3.05, 3.63) is 45.1 Å². The zero-order valence-electron chi connectivity index (χ0n) is 12.3. The van der Waals surface area contributed by atoms with Crippen molar-refractivity contribution >= 4 is 22.9 Å². The van der Waals surface area contributed by atoms with E-state index in [-0.39, 0.29) is 0 Å². The number of nitrogens with two attached hydrogens (primary N) is 1. The first-order valence-corrected chi connectivity index (χ1v) is 8.18. The van der Waals surface area contributed by atoms with Gasteiger partial charge < -0.3 is 15.2 Å². The van der Waals surface area contributed by atoms with E-state index in [9.17, 15) is 0 Å². The summed E-state index contributed by atoms with van der Waals surface area (Å²) in [6.07, 6.45) is 0.834. The standard InChI is InChI=1S/C16H20ClNO2S/c1-3-20-14-9-11(8-13(17)16(14)19-2)7-12(10-18)15-5-4-6-21-15/h4-6,8-9,12H,3,7,10,18H2,1-2H3. The van der Waals surface area contributed by atoms with Crippen molar-refractivity contribution in [2.75, 3.05) is 20.3 Å². The zero-order chi connectivity index (χ0) is 15.2. The van der Waals surface area contributed by atoms with Gasteiger partial charge in [0.25, 0.3) is 0 Å². The fraction of sp³-hybridized carbons (Fsp3) is 0.375. The second kappa shape index (κ2) is 7.69. The van der Waals surface area contributed by atoms with Gasteiger partial charge in [0.15, 0.2) is 11.5 Å². The summed E-state index contributed by atoms with van der Waals surface area (Å²) in [5.41, 5.74) is 7.03. The number of methoxy groups -OCH3 is 1. The van der Waals surface area contributed by atoms with Crippen LogP contribution >= 0.6 is 22.9 Å². The lowest BCUT2D eigenvalue weighted by Gasteiger charge is -2.16. The largest absolute Gasteiger partial charge is 0.491 e. The maximum Gasteiger partial charge on any atom is 0.179 e. The minimum atomic E-state index is 0.295. The number of benzene rings is 1. The Morgan fingerprint density at radius 2 is 2.19 bits per heavy atom. The molecule has 0 aliphatic rings. The molecule has 5 heteroatoms. The lowest BCUT2D eigenvalue weighted by molar-refractivity contribution is 0.310. The first-order chi connectivity index (χ1) is 10.2. The van der Waals surface area contributed by atoms with Crippen LogP contribution in [0.5, 0.6) is 11.5 Å². The maximum absolute atomic E-state index is 6.29. The third-order valence-electron chi connectivity index (χ3n) is 3.29. The van der Waals surface area contributed by atoms with Gasteiger partial charge in [-0.25, -0.2) is 0 Å². The van der Waals surface area contributed by atoms with Gasteiger partial charge in [0.05, 0.1) is 18.7 Å². The molecule has 0 saturated heterocycles. The molecule has 3 nitrogen and oxygen atoms in total. The van der Waals surface area contributed by atoms with Crippen molar-refractivity contribution in [3.8, 4) is 11.5 Å². The van der Waals surface area contributed by atoms with Crippen LogP contribution in [0.4, 0.5) is 0 Å². The van der Waals surface area contributed by atoms with Crippen LogP contribution in [-0.2, 0) is 6.42 Å². The monoisotopic (exact) mass is 325 g/mol. The number of hydrogen-bond donors (Lipinski definition) is 1. The van der Waals surface area contributed by atoms with E-state index in [0.29, 0.717) is 35.6 Å². The molecule has 1 unspecified atom stereocenters. The average Bonchev–Trinajstić information content (AvgIpc) is 2.99. The average molecular weight is 326 g/mol. The Balaban J connectivity index is 2.27. The first-order valence-electron chi connectivity index (χ1n) is 6.92. The number of hydrogen-bond acceptors (Lipinski definition) is 4. The predicted molar refractivity (Wildman–Crippen MR) is 89.0 cm³/mol. The molecule has 1 aromatic carbocycles. The molecule has 2 aromatic rings. The summed E-state index contributed by atoms with van der Waals surface area (Å²) in [6, 6.07) is 8.09. The molecule has 1 atom stereocenters. The van der Waals surface area contributed by atoms with Gasteiger partial charge in [0, 0.05) is 17.3 Å². The number of halogens is 1. The quantitative estimate of drug-likeness (QED) is 0.833. The van der Waals surface area contributed by atoms with Crippen LogP contribution in [0.25, 0.3) is 0 Å².